The fraction of sp³-hybridized carbons (Fsp3) is 0.643. The molecule has 1 fully saturated rings. The van der Waals surface area contributed by atoms with Gasteiger partial charge in [0.15, 0.2) is 0 Å². The molecule has 0 amide bonds. The van der Waals surface area contributed by atoms with Crippen molar-refractivity contribution in [3.63, 3.8) is 0 Å². The Bertz CT molecular complexity index is 376. The lowest BCUT2D eigenvalue weighted by molar-refractivity contribution is 0.0663. The predicted molar refractivity (Wildman–Crippen MR) is 70.8 cm³/mol. The normalized spacial score (nSPS) is 19.1. The minimum absolute atomic E-state index is 0.244. The van der Waals surface area contributed by atoms with E-state index < -0.39 is 0 Å². The highest BCUT2D eigenvalue weighted by molar-refractivity contribution is 5.24. The van der Waals surface area contributed by atoms with E-state index in [9.17, 15) is 0 Å². The second kappa shape index (κ2) is 6.71. The second-order valence-electron chi connectivity index (χ2n) is 4.62. The average Bonchev–Trinajstić information content (AvgIpc) is 2.88. The molecule has 2 heterocycles. The van der Waals surface area contributed by atoms with E-state index in [1.54, 1.807) is 0 Å². The minimum Gasteiger partial charge on any atom is -0.475 e. The number of nitrogens with zero attached hydrogens (tertiary/aromatic N) is 1. The SMILES string of the molecule is CCNCc1ccc(OCC2CCCO2)nc1C. The summed E-state index contributed by atoms with van der Waals surface area (Å²) in [4.78, 5) is 4.47. The zero-order chi connectivity index (χ0) is 12.8. The smallest absolute Gasteiger partial charge is 0.213 e. The van der Waals surface area contributed by atoms with Crippen LogP contribution in [0.4, 0.5) is 0 Å². The lowest BCUT2D eigenvalue weighted by Gasteiger charge is -2.12. The fourth-order valence-corrected chi connectivity index (χ4v) is 2.05. The van der Waals surface area contributed by atoms with Crippen molar-refractivity contribution in [1.82, 2.24) is 10.3 Å². The Morgan fingerprint density at radius 2 is 2.39 bits per heavy atom. The first-order valence-corrected chi connectivity index (χ1v) is 6.71. The van der Waals surface area contributed by atoms with E-state index in [4.69, 9.17) is 9.47 Å². The number of hydrogen-bond acceptors (Lipinski definition) is 4. The van der Waals surface area contributed by atoms with E-state index in [0.717, 1.165) is 38.2 Å². The van der Waals surface area contributed by atoms with Crippen LogP contribution in [0.5, 0.6) is 5.88 Å². The summed E-state index contributed by atoms with van der Waals surface area (Å²) in [5, 5.41) is 3.30. The van der Waals surface area contributed by atoms with Crippen molar-refractivity contribution in [2.75, 3.05) is 19.8 Å². The first kappa shape index (κ1) is 13.3. The van der Waals surface area contributed by atoms with Gasteiger partial charge in [-0.2, -0.15) is 0 Å². The van der Waals surface area contributed by atoms with Gasteiger partial charge < -0.3 is 14.8 Å². The Kier molecular flexibility index (Phi) is 4.96. The molecule has 0 aromatic carbocycles. The molecule has 1 aliphatic heterocycles. The molecule has 2 rings (SSSR count). The monoisotopic (exact) mass is 250 g/mol. The van der Waals surface area contributed by atoms with Crippen LogP contribution in [0.25, 0.3) is 0 Å². The summed E-state index contributed by atoms with van der Waals surface area (Å²) in [7, 11) is 0. The van der Waals surface area contributed by atoms with Gasteiger partial charge in [-0.3, -0.25) is 0 Å². The highest BCUT2D eigenvalue weighted by Gasteiger charge is 2.16. The molecular formula is C14H22N2O2. The molecule has 4 heteroatoms. The Morgan fingerprint density at radius 1 is 1.50 bits per heavy atom. The molecule has 1 aromatic heterocycles. The van der Waals surface area contributed by atoms with Gasteiger partial charge in [0.2, 0.25) is 5.88 Å². The number of aromatic nitrogens is 1. The molecule has 1 atom stereocenters. The molecular weight excluding hydrogens is 228 g/mol. The highest BCUT2D eigenvalue weighted by atomic mass is 16.5. The lowest BCUT2D eigenvalue weighted by atomic mass is 10.2. The van der Waals surface area contributed by atoms with Gasteiger partial charge >= 0.3 is 0 Å². The molecule has 100 valence electrons. The number of rotatable bonds is 6. The van der Waals surface area contributed by atoms with Crippen LogP contribution in [0.1, 0.15) is 31.0 Å². The van der Waals surface area contributed by atoms with Crippen molar-refractivity contribution in [2.45, 2.75) is 39.3 Å². The van der Waals surface area contributed by atoms with Crippen LogP contribution >= 0.6 is 0 Å². The third-order valence-corrected chi connectivity index (χ3v) is 3.18. The Balaban J connectivity index is 1.87. The van der Waals surface area contributed by atoms with Gasteiger partial charge in [-0.25, -0.2) is 4.98 Å². The molecule has 1 N–H and O–H groups in total. The van der Waals surface area contributed by atoms with Crippen LogP contribution in [0.2, 0.25) is 0 Å². The lowest BCUT2D eigenvalue weighted by Crippen LogP contribution is -2.17. The van der Waals surface area contributed by atoms with Crippen molar-refractivity contribution in [1.29, 1.82) is 0 Å². The van der Waals surface area contributed by atoms with Crippen LogP contribution in [0.3, 0.4) is 0 Å². The third kappa shape index (κ3) is 3.68. The van der Waals surface area contributed by atoms with Gasteiger partial charge in [-0.05, 0) is 31.9 Å². The van der Waals surface area contributed by atoms with Gasteiger partial charge in [0.1, 0.15) is 6.61 Å². The van der Waals surface area contributed by atoms with Crippen molar-refractivity contribution in [2.24, 2.45) is 0 Å². The van der Waals surface area contributed by atoms with Crippen LogP contribution in [-0.2, 0) is 11.3 Å². The van der Waals surface area contributed by atoms with E-state index >= 15 is 0 Å². The maximum absolute atomic E-state index is 5.67. The van der Waals surface area contributed by atoms with Crippen molar-refractivity contribution >= 4 is 0 Å². The van der Waals surface area contributed by atoms with E-state index in [-0.39, 0.29) is 6.10 Å². The van der Waals surface area contributed by atoms with Gasteiger partial charge in [-0.15, -0.1) is 0 Å². The van der Waals surface area contributed by atoms with Gasteiger partial charge in [0, 0.05) is 24.9 Å². The first-order chi connectivity index (χ1) is 8.79. The Morgan fingerprint density at radius 3 is 3.06 bits per heavy atom. The zero-order valence-corrected chi connectivity index (χ0v) is 11.2. The molecule has 1 aromatic rings. The molecule has 0 aliphatic carbocycles. The van der Waals surface area contributed by atoms with Gasteiger partial charge in [-0.1, -0.05) is 13.0 Å². The Hall–Kier alpha value is -1.13. The van der Waals surface area contributed by atoms with E-state index in [0.29, 0.717) is 12.5 Å². The summed E-state index contributed by atoms with van der Waals surface area (Å²) >= 11 is 0. The Labute approximate surface area is 109 Å². The summed E-state index contributed by atoms with van der Waals surface area (Å²) in [6.07, 6.45) is 2.48. The van der Waals surface area contributed by atoms with Gasteiger partial charge in [0.25, 0.3) is 0 Å². The summed E-state index contributed by atoms with van der Waals surface area (Å²) in [6, 6.07) is 4.02. The zero-order valence-electron chi connectivity index (χ0n) is 11.2. The van der Waals surface area contributed by atoms with Crippen molar-refractivity contribution in [3.8, 4) is 5.88 Å². The maximum atomic E-state index is 5.67. The number of pyridine rings is 1. The number of nitrogens with one attached hydrogen (secondary N) is 1. The summed E-state index contributed by atoms with van der Waals surface area (Å²) in [6.45, 7) is 7.42. The summed E-state index contributed by atoms with van der Waals surface area (Å²) in [5.41, 5.74) is 2.25. The standard InChI is InChI=1S/C14H22N2O2/c1-3-15-9-12-6-7-14(16-11(12)2)18-10-13-5-4-8-17-13/h6-7,13,15H,3-5,8-10H2,1-2H3. The summed E-state index contributed by atoms with van der Waals surface area (Å²) in [5.74, 6) is 0.697. The number of ether oxygens (including phenoxy) is 2. The second-order valence-corrected chi connectivity index (χ2v) is 4.62. The molecule has 0 spiro atoms. The third-order valence-electron chi connectivity index (χ3n) is 3.18. The molecule has 18 heavy (non-hydrogen) atoms. The van der Waals surface area contributed by atoms with Crippen LogP contribution in [0, 0.1) is 6.92 Å². The molecule has 1 aliphatic rings. The molecule has 0 saturated carbocycles. The van der Waals surface area contributed by atoms with E-state index in [1.165, 1.54) is 5.56 Å². The van der Waals surface area contributed by atoms with Crippen LogP contribution in [0.15, 0.2) is 12.1 Å². The number of hydrogen-bond donors (Lipinski definition) is 1. The van der Waals surface area contributed by atoms with E-state index in [1.807, 2.05) is 13.0 Å². The van der Waals surface area contributed by atoms with Crippen molar-refractivity contribution in [3.05, 3.63) is 23.4 Å². The molecule has 4 nitrogen and oxygen atoms in total. The topological polar surface area (TPSA) is 43.4 Å². The quantitative estimate of drug-likeness (QED) is 0.839. The maximum Gasteiger partial charge on any atom is 0.213 e. The molecule has 0 radical (unpaired) electrons. The van der Waals surface area contributed by atoms with Crippen LogP contribution in [-0.4, -0.2) is 30.8 Å². The predicted octanol–water partition coefficient (Wildman–Crippen LogP) is 2.06. The van der Waals surface area contributed by atoms with Gasteiger partial charge in [0.05, 0.1) is 6.10 Å². The molecule has 1 unspecified atom stereocenters. The van der Waals surface area contributed by atoms with Crippen LogP contribution < -0.4 is 10.1 Å². The first-order valence-electron chi connectivity index (χ1n) is 6.71. The fourth-order valence-electron chi connectivity index (χ4n) is 2.05. The average molecular weight is 250 g/mol. The van der Waals surface area contributed by atoms with Crippen molar-refractivity contribution < 1.29 is 9.47 Å². The molecule has 1 saturated heterocycles. The number of aryl methyl sites for hydroxylation is 1. The minimum atomic E-state index is 0.244. The largest absolute Gasteiger partial charge is 0.475 e. The molecule has 0 bridgehead atoms. The summed E-state index contributed by atoms with van der Waals surface area (Å²) < 4.78 is 11.2. The van der Waals surface area contributed by atoms with E-state index in [2.05, 4.69) is 23.3 Å². The highest BCUT2D eigenvalue weighted by Crippen LogP contribution is 2.16.